The summed E-state index contributed by atoms with van der Waals surface area (Å²) in [4.78, 5) is 14.1. The largest absolute Gasteiger partial charge is 0.468 e. The second-order valence-electron chi connectivity index (χ2n) is 7.92. The molecule has 1 atom stereocenters. The summed E-state index contributed by atoms with van der Waals surface area (Å²) < 4.78 is 34.4. The van der Waals surface area contributed by atoms with Crippen LogP contribution in [0.1, 0.15) is 33.6 Å². The summed E-state index contributed by atoms with van der Waals surface area (Å²) in [6.45, 7) is 3.29. The molecule has 1 amide bonds. The van der Waals surface area contributed by atoms with Gasteiger partial charge in [-0.05, 0) is 43.0 Å². The molecule has 3 heterocycles. The van der Waals surface area contributed by atoms with Crippen LogP contribution in [0.2, 0.25) is 0 Å². The van der Waals surface area contributed by atoms with Gasteiger partial charge in [-0.15, -0.1) is 11.3 Å². The number of amides is 1. The molecule has 1 N–H and O–H groups in total. The molecule has 0 saturated heterocycles. The number of furan rings is 1. The molecule has 0 aliphatic carbocycles. The highest BCUT2D eigenvalue weighted by atomic mass is 32.2. The second-order valence-corrected chi connectivity index (χ2v) is 10.9. The number of aromatic nitrogens is 2. The number of benzene rings is 1. The first-order chi connectivity index (χ1) is 16.3. The van der Waals surface area contributed by atoms with Crippen molar-refractivity contribution in [2.75, 3.05) is 7.05 Å². The molecular weight excluding hydrogens is 472 g/mol. The predicted octanol–water partition coefficient (Wildman–Crippen LogP) is 3.88. The zero-order chi connectivity index (χ0) is 24.3. The molecule has 3 aromatic heterocycles. The molecule has 0 saturated carbocycles. The maximum atomic E-state index is 13.2. The summed E-state index contributed by atoms with van der Waals surface area (Å²) in [5.74, 6) is 0.273. The molecule has 0 aliphatic rings. The molecule has 4 rings (SSSR count). The smallest absolute Gasteiger partial charge is 0.246 e. The first-order valence-corrected chi connectivity index (χ1v) is 13.0. The van der Waals surface area contributed by atoms with Crippen molar-refractivity contribution in [2.45, 2.75) is 37.9 Å². The fourth-order valence-corrected chi connectivity index (χ4v) is 6.14. The lowest BCUT2D eigenvalue weighted by atomic mass is 10.1. The molecule has 34 heavy (non-hydrogen) atoms. The molecule has 0 radical (unpaired) electrons. The third-order valence-corrected chi connectivity index (χ3v) is 8.49. The zero-order valence-corrected chi connectivity index (χ0v) is 20.8. The molecule has 0 fully saturated rings. The fraction of sp³-hybridized carbons (Fsp3) is 0.250. The molecular formula is C24H26N4O4S2. The van der Waals surface area contributed by atoms with Gasteiger partial charge in [0.2, 0.25) is 15.9 Å². The van der Waals surface area contributed by atoms with Crippen LogP contribution in [-0.2, 0) is 27.9 Å². The van der Waals surface area contributed by atoms with Crippen molar-refractivity contribution in [3.63, 3.8) is 0 Å². The number of sulfonamides is 1. The van der Waals surface area contributed by atoms with Gasteiger partial charge in [-0.3, -0.25) is 9.48 Å². The minimum atomic E-state index is -3.83. The van der Waals surface area contributed by atoms with Crippen molar-refractivity contribution in [2.24, 2.45) is 0 Å². The van der Waals surface area contributed by atoms with E-state index in [2.05, 4.69) is 10.4 Å². The van der Waals surface area contributed by atoms with E-state index in [0.29, 0.717) is 17.1 Å². The van der Waals surface area contributed by atoms with Gasteiger partial charge in [0.1, 0.15) is 17.2 Å². The van der Waals surface area contributed by atoms with Gasteiger partial charge in [0.05, 0.1) is 30.2 Å². The van der Waals surface area contributed by atoms with Crippen LogP contribution >= 0.6 is 11.3 Å². The number of carbonyl (C=O) groups is 1. The summed E-state index contributed by atoms with van der Waals surface area (Å²) in [6.07, 6.45) is 1.50. The van der Waals surface area contributed by atoms with Gasteiger partial charge in [-0.1, -0.05) is 36.4 Å². The van der Waals surface area contributed by atoms with Crippen molar-refractivity contribution >= 4 is 27.3 Å². The van der Waals surface area contributed by atoms with Gasteiger partial charge in [-0.2, -0.15) is 9.40 Å². The minimum absolute atomic E-state index is 0.0967. The monoisotopic (exact) mass is 498 g/mol. The normalized spacial score (nSPS) is 12.7. The third-order valence-electron chi connectivity index (χ3n) is 5.50. The molecule has 0 spiro atoms. The first kappa shape index (κ1) is 23.9. The molecule has 0 bridgehead atoms. The summed E-state index contributed by atoms with van der Waals surface area (Å²) in [7, 11) is -2.34. The Morgan fingerprint density at radius 1 is 1.15 bits per heavy atom. The van der Waals surface area contributed by atoms with Crippen LogP contribution in [0.25, 0.3) is 0 Å². The van der Waals surface area contributed by atoms with E-state index in [1.54, 1.807) is 37.3 Å². The van der Waals surface area contributed by atoms with Crippen LogP contribution in [-0.4, -0.2) is 35.5 Å². The highest BCUT2D eigenvalue weighted by Crippen LogP contribution is 2.27. The minimum Gasteiger partial charge on any atom is -0.468 e. The van der Waals surface area contributed by atoms with Crippen LogP contribution in [0.5, 0.6) is 0 Å². The van der Waals surface area contributed by atoms with E-state index in [0.717, 1.165) is 10.4 Å². The fourth-order valence-electron chi connectivity index (χ4n) is 3.83. The van der Waals surface area contributed by atoms with Gasteiger partial charge >= 0.3 is 0 Å². The average molecular weight is 499 g/mol. The van der Waals surface area contributed by atoms with Crippen LogP contribution in [0, 0.1) is 13.8 Å². The van der Waals surface area contributed by atoms with Crippen molar-refractivity contribution in [1.29, 1.82) is 0 Å². The number of rotatable bonds is 9. The lowest BCUT2D eigenvalue weighted by Gasteiger charge is -2.18. The summed E-state index contributed by atoms with van der Waals surface area (Å²) in [5.41, 5.74) is 1.72. The Hall–Kier alpha value is -3.21. The maximum absolute atomic E-state index is 13.2. The molecule has 178 valence electrons. The Morgan fingerprint density at radius 2 is 1.91 bits per heavy atom. The molecule has 0 unspecified atom stereocenters. The molecule has 4 aromatic rings. The maximum Gasteiger partial charge on any atom is 0.246 e. The Balaban J connectivity index is 1.54. The topological polar surface area (TPSA) is 97.4 Å². The van der Waals surface area contributed by atoms with Crippen molar-refractivity contribution < 1.29 is 17.6 Å². The van der Waals surface area contributed by atoms with E-state index >= 15 is 0 Å². The van der Waals surface area contributed by atoms with Gasteiger partial charge in [0.25, 0.3) is 0 Å². The van der Waals surface area contributed by atoms with Gasteiger partial charge in [-0.25, -0.2) is 8.42 Å². The average Bonchev–Trinajstić information content (AvgIpc) is 3.56. The van der Waals surface area contributed by atoms with E-state index < -0.39 is 10.0 Å². The first-order valence-electron chi connectivity index (χ1n) is 10.7. The third kappa shape index (κ3) is 4.98. The highest BCUT2D eigenvalue weighted by Gasteiger charge is 2.30. The zero-order valence-electron chi connectivity index (χ0n) is 19.1. The van der Waals surface area contributed by atoms with Crippen molar-refractivity contribution in [3.05, 3.63) is 93.8 Å². The van der Waals surface area contributed by atoms with Gasteiger partial charge in [0, 0.05) is 11.9 Å². The molecule has 10 heteroatoms. The standard InChI is InChI=1S/C24H26N4O4S2/c1-17-24(34(30,31)27(3)15-20-11-7-13-32-20)18(2)28(26-17)16-22(29)25-23(21-12-8-14-33-21)19-9-5-4-6-10-19/h4-14,23H,15-16H2,1-3H3,(H,25,29)/t23-/m1/s1. The number of thiophene rings is 1. The predicted molar refractivity (Wildman–Crippen MR) is 130 cm³/mol. The quantitative estimate of drug-likeness (QED) is 0.378. The number of hydrogen-bond donors (Lipinski definition) is 1. The van der Waals surface area contributed by atoms with Crippen LogP contribution in [0.3, 0.4) is 0 Å². The Labute approximate surface area is 202 Å². The van der Waals surface area contributed by atoms with E-state index in [1.165, 1.54) is 22.3 Å². The van der Waals surface area contributed by atoms with Crippen molar-refractivity contribution in [1.82, 2.24) is 19.4 Å². The molecule has 8 nitrogen and oxygen atoms in total. The molecule has 0 aliphatic heterocycles. The number of hydrogen-bond acceptors (Lipinski definition) is 6. The van der Waals surface area contributed by atoms with E-state index in [-0.39, 0.29) is 29.9 Å². The number of nitrogens with one attached hydrogen (secondary N) is 1. The van der Waals surface area contributed by atoms with E-state index in [1.807, 2.05) is 47.8 Å². The number of nitrogens with zero attached hydrogens (tertiary/aromatic N) is 3. The van der Waals surface area contributed by atoms with Crippen LogP contribution in [0.4, 0.5) is 0 Å². The van der Waals surface area contributed by atoms with E-state index in [9.17, 15) is 13.2 Å². The van der Waals surface area contributed by atoms with E-state index in [4.69, 9.17) is 4.42 Å². The summed E-state index contributed by atoms with van der Waals surface area (Å²) >= 11 is 1.56. The second kappa shape index (κ2) is 9.96. The molecule has 1 aromatic carbocycles. The Bertz CT molecular complexity index is 1350. The van der Waals surface area contributed by atoms with Crippen LogP contribution < -0.4 is 5.32 Å². The lowest BCUT2D eigenvalue weighted by Crippen LogP contribution is -2.32. The highest BCUT2D eigenvalue weighted by molar-refractivity contribution is 7.89. The summed E-state index contributed by atoms with van der Waals surface area (Å²) in [5, 5.41) is 9.40. The van der Waals surface area contributed by atoms with Gasteiger partial charge < -0.3 is 9.73 Å². The van der Waals surface area contributed by atoms with Crippen molar-refractivity contribution in [3.8, 4) is 0 Å². The number of carbonyl (C=O) groups excluding carboxylic acids is 1. The lowest BCUT2D eigenvalue weighted by molar-refractivity contribution is -0.122. The van der Waals surface area contributed by atoms with Gasteiger partial charge in [0.15, 0.2) is 0 Å². The Kier molecular flexibility index (Phi) is 7.01. The number of aryl methyl sites for hydroxylation is 1. The summed E-state index contributed by atoms with van der Waals surface area (Å²) in [6, 6.07) is 16.8. The Morgan fingerprint density at radius 3 is 2.56 bits per heavy atom. The van der Waals surface area contributed by atoms with Crippen LogP contribution in [0.15, 0.2) is 75.6 Å². The SMILES string of the molecule is Cc1nn(CC(=O)N[C@H](c2ccccc2)c2cccs2)c(C)c1S(=O)(=O)N(C)Cc1ccco1.